The van der Waals surface area contributed by atoms with Crippen molar-refractivity contribution in [3.8, 4) is 0 Å². The molecule has 0 aromatic heterocycles. The lowest BCUT2D eigenvalue weighted by atomic mass is 9.87. The minimum atomic E-state index is -0.196. The SMILES string of the molecule is CC(C)[C@H](C(=O)N1CCN(C(=O)c2ccccc2)CC1)c1ccc(Cl)cc1. The summed E-state index contributed by atoms with van der Waals surface area (Å²) >= 11 is 5.99. The molecular formula is C22H25ClN2O2. The molecule has 2 aromatic carbocycles. The van der Waals surface area contributed by atoms with Gasteiger partial charge < -0.3 is 9.80 Å². The predicted octanol–water partition coefficient (Wildman–Crippen LogP) is 4.06. The van der Waals surface area contributed by atoms with Crippen molar-refractivity contribution in [2.75, 3.05) is 26.2 Å². The summed E-state index contributed by atoms with van der Waals surface area (Å²) in [6, 6.07) is 16.8. The molecule has 2 amide bonds. The molecule has 0 spiro atoms. The van der Waals surface area contributed by atoms with Crippen LogP contribution in [-0.4, -0.2) is 47.8 Å². The van der Waals surface area contributed by atoms with E-state index in [1.54, 1.807) is 0 Å². The summed E-state index contributed by atoms with van der Waals surface area (Å²) in [5.41, 5.74) is 1.68. The number of hydrogen-bond acceptors (Lipinski definition) is 2. The Balaban J connectivity index is 1.66. The third-order valence-corrected chi connectivity index (χ3v) is 5.31. The van der Waals surface area contributed by atoms with Gasteiger partial charge in [-0.15, -0.1) is 0 Å². The Morgan fingerprint density at radius 2 is 1.41 bits per heavy atom. The van der Waals surface area contributed by atoms with Crippen LogP contribution in [0.15, 0.2) is 54.6 Å². The minimum absolute atomic E-state index is 0.0285. The van der Waals surface area contributed by atoms with Crippen molar-refractivity contribution >= 4 is 23.4 Å². The van der Waals surface area contributed by atoms with Crippen LogP contribution in [0, 0.1) is 5.92 Å². The van der Waals surface area contributed by atoms with E-state index in [1.807, 2.05) is 64.4 Å². The Labute approximate surface area is 165 Å². The van der Waals surface area contributed by atoms with E-state index < -0.39 is 0 Å². The van der Waals surface area contributed by atoms with Crippen LogP contribution in [0.1, 0.15) is 35.7 Å². The van der Waals surface area contributed by atoms with Crippen LogP contribution in [0.2, 0.25) is 5.02 Å². The van der Waals surface area contributed by atoms with Gasteiger partial charge in [0.2, 0.25) is 5.91 Å². The predicted molar refractivity (Wildman–Crippen MR) is 108 cm³/mol. The van der Waals surface area contributed by atoms with Crippen molar-refractivity contribution in [3.05, 3.63) is 70.7 Å². The molecule has 1 aliphatic rings. The van der Waals surface area contributed by atoms with E-state index in [-0.39, 0.29) is 23.7 Å². The third-order valence-electron chi connectivity index (χ3n) is 5.06. The van der Waals surface area contributed by atoms with Gasteiger partial charge in [-0.05, 0) is 35.7 Å². The van der Waals surface area contributed by atoms with Crippen molar-refractivity contribution in [3.63, 3.8) is 0 Å². The number of amides is 2. The van der Waals surface area contributed by atoms with Crippen LogP contribution < -0.4 is 0 Å². The lowest BCUT2D eigenvalue weighted by Crippen LogP contribution is -2.52. The molecule has 5 heteroatoms. The maximum Gasteiger partial charge on any atom is 0.253 e. The van der Waals surface area contributed by atoms with E-state index in [4.69, 9.17) is 11.6 Å². The lowest BCUT2D eigenvalue weighted by Gasteiger charge is -2.37. The van der Waals surface area contributed by atoms with Crippen molar-refractivity contribution < 1.29 is 9.59 Å². The van der Waals surface area contributed by atoms with E-state index >= 15 is 0 Å². The first-order chi connectivity index (χ1) is 13.0. The van der Waals surface area contributed by atoms with Crippen molar-refractivity contribution in [1.82, 2.24) is 9.80 Å². The van der Waals surface area contributed by atoms with Gasteiger partial charge in [0.1, 0.15) is 0 Å². The second-order valence-corrected chi connectivity index (χ2v) is 7.69. The van der Waals surface area contributed by atoms with Gasteiger partial charge in [0, 0.05) is 36.8 Å². The number of rotatable bonds is 4. The first kappa shape index (κ1) is 19.4. The highest BCUT2D eigenvalue weighted by atomic mass is 35.5. The van der Waals surface area contributed by atoms with E-state index in [0.717, 1.165) is 5.56 Å². The van der Waals surface area contributed by atoms with Crippen LogP contribution in [0.3, 0.4) is 0 Å². The number of piperazine rings is 1. The second-order valence-electron chi connectivity index (χ2n) is 7.26. The van der Waals surface area contributed by atoms with Crippen LogP contribution in [-0.2, 0) is 4.79 Å². The standard InChI is InChI=1S/C22H25ClN2O2/c1-16(2)20(17-8-10-19(23)11-9-17)22(27)25-14-12-24(13-15-25)21(26)18-6-4-3-5-7-18/h3-11,16,20H,12-15H2,1-2H3/t20-/m0/s1. The Bertz CT molecular complexity index is 782. The summed E-state index contributed by atoms with van der Waals surface area (Å²) < 4.78 is 0. The molecular weight excluding hydrogens is 360 g/mol. The number of benzene rings is 2. The maximum atomic E-state index is 13.2. The lowest BCUT2D eigenvalue weighted by molar-refractivity contribution is -0.135. The van der Waals surface area contributed by atoms with Crippen LogP contribution >= 0.6 is 11.6 Å². The van der Waals surface area contributed by atoms with Gasteiger partial charge in [-0.3, -0.25) is 9.59 Å². The van der Waals surface area contributed by atoms with Crippen molar-refractivity contribution in [2.45, 2.75) is 19.8 Å². The van der Waals surface area contributed by atoms with Crippen LogP contribution in [0.25, 0.3) is 0 Å². The molecule has 0 saturated carbocycles. The quantitative estimate of drug-likeness (QED) is 0.797. The normalized spacial score (nSPS) is 15.7. The zero-order valence-corrected chi connectivity index (χ0v) is 16.5. The molecule has 0 aliphatic carbocycles. The van der Waals surface area contributed by atoms with E-state index in [0.29, 0.717) is 36.8 Å². The van der Waals surface area contributed by atoms with Gasteiger partial charge in [0.15, 0.2) is 0 Å². The zero-order valence-electron chi connectivity index (χ0n) is 15.8. The summed E-state index contributed by atoms with van der Waals surface area (Å²) in [6.45, 7) is 6.37. The van der Waals surface area contributed by atoms with Gasteiger partial charge in [0.25, 0.3) is 5.91 Å². The second kappa shape index (κ2) is 8.57. The molecule has 1 heterocycles. The van der Waals surface area contributed by atoms with Gasteiger partial charge in [-0.25, -0.2) is 0 Å². The molecule has 1 aliphatic heterocycles. The summed E-state index contributed by atoms with van der Waals surface area (Å²) in [5.74, 6) is 0.140. The molecule has 0 unspecified atom stereocenters. The van der Waals surface area contributed by atoms with E-state index in [9.17, 15) is 9.59 Å². The molecule has 0 N–H and O–H groups in total. The molecule has 1 saturated heterocycles. The topological polar surface area (TPSA) is 40.6 Å². The molecule has 1 fully saturated rings. The Hall–Kier alpha value is -2.33. The zero-order chi connectivity index (χ0) is 19.4. The molecule has 3 rings (SSSR count). The summed E-state index contributed by atoms with van der Waals surface area (Å²) in [6.07, 6.45) is 0. The number of halogens is 1. The van der Waals surface area contributed by atoms with E-state index in [2.05, 4.69) is 13.8 Å². The van der Waals surface area contributed by atoms with E-state index in [1.165, 1.54) is 0 Å². The summed E-state index contributed by atoms with van der Waals surface area (Å²) in [5, 5.41) is 0.668. The smallest absolute Gasteiger partial charge is 0.253 e. The Morgan fingerprint density at radius 1 is 0.852 bits per heavy atom. The Morgan fingerprint density at radius 3 is 1.96 bits per heavy atom. The maximum absolute atomic E-state index is 13.2. The number of carbonyl (C=O) groups excluding carboxylic acids is 2. The number of nitrogens with zero attached hydrogens (tertiary/aromatic N) is 2. The molecule has 4 nitrogen and oxygen atoms in total. The number of hydrogen-bond donors (Lipinski definition) is 0. The van der Waals surface area contributed by atoms with Crippen LogP contribution in [0.5, 0.6) is 0 Å². The fourth-order valence-corrected chi connectivity index (χ4v) is 3.70. The molecule has 27 heavy (non-hydrogen) atoms. The summed E-state index contributed by atoms with van der Waals surface area (Å²) in [7, 11) is 0. The van der Waals surface area contributed by atoms with Crippen LogP contribution in [0.4, 0.5) is 0 Å². The molecule has 1 atom stereocenters. The summed E-state index contributed by atoms with van der Waals surface area (Å²) in [4.78, 5) is 29.5. The fraction of sp³-hybridized carbons (Fsp3) is 0.364. The van der Waals surface area contributed by atoms with Gasteiger partial charge in [0.05, 0.1) is 5.92 Å². The third kappa shape index (κ3) is 4.51. The average molecular weight is 385 g/mol. The molecule has 2 aromatic rings. The minimum Gasteiger partial charge on any atom is -0.339 e. The average Bonchev–Trinajstić information content (AvgIpc) is 2.69. The van der Waals surface area contributed by atoms with Crippen molar-refractivity contribution in [2.24, 2.45) is 5.92 Å². The highest BCUT2D eigenvalue weighted by Gasteiger charge is 2.31. The monoisotopic (exact) mass is 384 g/mol. The van der Waals surface area contributed by atoms with Gasteiger partial charge in [-0.1, -0.05) is 55.8 Å². The fourth-order valence-electron chi connectivity index (χ4n) is 3.57. The number of carbonyl (C=O) groups is 2. The first-order valence-electron chi connectivity index (χ1n) is 9.36. The van der Waals surface area contributed by atoms with Crippen molar-refractivity contribution in [1.29, 1.82) is 0 Å². The molecule has 142 valence electrons. The molecule has 0 bridgehead atoms. The highest BCUT2D eigenvalue weighted by Crippen LogP contribution is 2.28. The Kier molecular flexibility index (Phi) is 6.17. The molecule has 0 radical (unpaired) electrons. The van der Waals surface area contributed by atoms with Gasteiger partial charge >= 0.3 is 0 Å². The first-order valence-corrected chi connectivity index (χ1v) is 9.73. The largest absolute Gasteiger partial charge is 0.339 e. The highest BCUT2D eigenvalue weighted by molar-refractivity contribution is 6.30. The van der Waals surface area contributed by atoms with Gasteiger partial charge in [-0.2, -0.15) is 0 Å².